The van der Waals surface area contributed by atoms with E-state index in [-0.39, 0.29) is 12.1 Å². The van der Waals surface area contributed by atoms with E-state index in [2.05, 4.69) is 35.6 Å². The fourth-order valence-corrected chi connectivity index (χ4v) is 3.68. The van der Waals surface area contributed by atoms with E-state index in [4.69, 9.17) is 9.47 Å². The monoisotopic (exact) mass is 345 g/mol. The van der Waals surface area contributed by atoms with Crippen molar-refractivity contribution in [2.24, 2.45) is 11.8 Å². The van der Waals surface area contributed by atoms with E-state index < -0.39 is 12.1 Å². The summed E-state index contributed by atoms with van der Waals surface area (Å²) in [7, 11) is 0. The van der Waals surface area contributed by atoms with Crippen LogP contribution in [0.1, 0.15) is 44.6 Å². The third-order valence-electron chi connectivity index (χ3n) is 5.40. The number of aryl methyl sites for hydroxylation is 1. The Morgan fingerprint density at radius 3 is 2.48 bits per heavy atom. The molecule has 5 heteroatoms. The molecule has 1 aromatic rings. The third-order valence-corrected chi connectivity index (χ3v) is 5.40. The van der Waals surface area contributed by atoms with E-state index in [1.54, 1.807) is 6.92 Å². The van der Waals surface area contributed by atoms with Crippen LogP contribution in [0, 0.1) is 11.8 Å². The molecule has 0 aromatic heterocycles. The first-order chi connectivity index (χ1) is 12.1. The third kappa shape index (κ3) is 4.97. The van der Waals surface area contributed by atoms with Crippen LogP contribution in [0.4, 0.5) is 4.79 Å². The topological polar surface area (TPSA) is 64.6 Å². The summed E-state index contributed by atoms with van der Waals surface area (Å²) in [4.78, 5) is 23.0. The van der Waals surface area contributed by atoms with Crippen molar-refractivity contribution in [2.45, 2.75) is 57.6 Å². The average molecular weight is 345 g/mol. The summed E-state index contributed by atoms with van der Waals surface area (Å²) < 4.78 is 10.1. The van der Waals surface area contributed by atoms with Crippen LogP contribution in [0.3, 0.4) is 0 Å². The SMILES string of the molecule is C[C@@H]1OC(=O)[C@@H]1NC(=O)OCC1CCC(CCc2ccccc2)CC1. The Hall–Kier alpha value is -2.04. The van der Waals surface area contributed by atoms with Crippen LogP contribution in [0.2, 0.25) is 0 Å². The molecule has 1 heterocycles. The number of alkyl carbamates (subject to hydrolysis) is 1. The minimum absolute atomic E-state index is 0.264. The molecule has 25 heavy (non-hydrogen) atoms. The second kappa shape index (κ2) is 8.37. The molecule has 1 saturated heterocycles. The Kier molecular flexibility index (Phi) is 5.95. The number of hydrogen-bond donors (Lipinski definition) is 1. The van der Waals surface area contributed by atoms with Gasteiger partial charge in [-0.1, -0.05) is 43.2 Å². The summed E-state index contributed by atoms with van der Waals surface area (Å²) in [5, 5.41) is 2.57. The Labute approximate surface area is 149 Å². The van der Waals surface area contributed by atoms with Crippen LogP contribution in [0.25, 0.3) is 0 Å². The number of nitrogens with one attached hydrogen (secondary N) is 1. The van der Waals surface area contributed by atoms with Gasteiger partial charge in [0, 0.05) is 0 Å². The van der Waals surface area contributed by atoms with Crippen LogP contribution in [0.15, 0.2) is 30.3 Å². The first-order valence-corrected chi connectivity index (χ1v) is 9.29. The van der Waals surface area contributed by atoms with Gasteiger partial charge in [-0.3, -0.25) is 0 Å². The summed E-state index contributed by atoms with van der Waals surface area (Å²) >= 11 is 0. The summed E-state index contributed by atoms with van der Waals surface area (Å²) in [6, 6.07) is 10.1. The van der Waals surface area contributed by atoms with Crippen molar-refractivity contribution >= 4 is 12.1 Å². The molecule has 2 atom stereocenters. The lowest BCUT2D eigenvalue weighted by atomic mass is 9.80. The number of esters is 1. The zero-order chi connectivity index (χ0) is 17.6. The smallest absolute Gasteiger partial charge is 0.407 e. The number of carbonyl (C=O) groups excluding carboxylic acids is 2. The summed E-state index contributed by atoms with van der Waals surface area (Å²) in [6.45, 7) is 2.19. The number of hydrogen-bond acceptors (Lipinski definition) is 4. The van der Waals surface area contributed by atoms with Gasteiger partial charge in [0.1, 0.15) is 6.10 Å². The molecule has 2 fully saturated rings. The Balaban J connectivity index is 1.30. The van der Waals surface area contributed by atoms with Gasteiger partial charge in [0.05, 0.1) is 6.61 Å². The van der Waals surface area contributed by atoms with Crippen LogP contribution in [-0.2, 0) is 20.7 Å². The fourth-order valence-electron chi connectivity index (χ4n) is 3.68. The number of amides is 1. The maximum Gasteiger partial charge on any atom is 0.407 e. The van der Waals surface area contributed by atoms with E-state index in [1.807, 2.05) is 0 Å². The fraction of sp³-hybridized carbons (Fsp3) is 0.600. The maximum absolute atomic E-state index is 11.8. The van der Waals surface area contributed by atoms with Gasteiger partial charge in [0.2, 0.25) is 0 Å². The summed E-state index contributed by atoms with van der Waals surface area (Å²) in [5.41, 5.74) is 1.41. The molecule has 1 amide bonds. The molecule has 2 aliphatic rings. The van der Waals surface area contributed by atoms with Crippen molar-refractivity contribution in [1.82, 2.24) is 5.32 Å². The zero-order valence-corrected chi connectivity index (χ0v) is 14.8. The molecule has 1 aromatic carbocycles. The lowest BCUT2D eigenvalue weighted by Gasteiger charge is -2.32. The molecule has 0 bridgehead atoms. The molecule has 1 aliphatic carbocycles. The van der Waals surface area contributed by atoms with E-state index in [0.717, 1.165) is 25.2 Å². The Morgan fingerprint density at radius 1 is 1.16 bits per heavy atom. The highest BCUT2D eigenvalue weighted by Crippen LogP contribution is 2.31. The van der Waals surface area contributed by atoms with Gasteiger partial charge in [0.15, 0.2) is 6.04 Å². The highest BCUT2D eigenvalue weighted by Gasteiger charge is 2.40. The van der Waals surface area contributed by atoms with Crippen molar-refractivity contribution in [3.8, 4) is 0 Å². The molecular weight excluding hydrogens is 318 g/mol. The van der Waals surface area contributed by atoms with Gasteiger partial charge in [-0.25, -0.2) is 9.59 Å². The number of ether oxygens (including phenoxy) is 2. The van der Waals surface area contributed by atoms with E-state index in [1.165, 1.54) is 24.8 Å². The molecule has 1 aliphatic heterocycles. The van der Waals surface area contributed by atoms with Crippen LogP contribution in [-0.4, -0.2) is 30.8 Å². The number of benzene rings is 1. The zero-order valence-electron chi connectivity index (χ0n) is 14.8. The predicted molar refractivity (Wildman–Crippen MR) is 94.0 cm³/mol. The van der Waals surface area contributed by atoms with Gasteiger partial charge in [-0.15, -0.1) is 0 Å². The molecule has 136 valence electrons. The van der Waals surface area contributed by atoms with Crippen LogP contribution >= 0.6 is 0 Å². The molecule has 3 rings (SSSR count). The van der Waals surface area contributed by atoms with Gasteiger partial charge < -0.3 is 14.8 Å². The Bertz CT molecular complexity index is 581. The van der Waals surface area contributed by atoms with Crippen molar-refractivity contribution < 1.29 is 19.1 Å². The van der Waals surface area contributed by atoms with Crippen molar-refractivity contribution in [3.63, 3.8) is 0 Å². The van der Waals surface area contributed by atoms with Gasteiger partial charge in [-0.05, 0) is 50.0 Å². The minimum atomic E-state index is -0.554. The average Bonchev–Trinajstić information content (AvgIpc) is 2.64. The molecule has 0 unspecified atom stereocenters. The predicted octanol–water partition coefficient (Wildman–Crippen LogP) is 3.47. The van der Waals surface area contributed by atoms with Crippen LogP contribution in [0.5, 0.6) is 0 Å². The maximum atomic E-state index is 11.8. The lowest BCUT2D eigenvalue weighted by Crippen LogP contribution is -2.58. The quantitative estimate of drug-likeness (QED) is 0.802. The van der Waals surface area contributed by atoms with Gasteiger partial charge >= 0.3 is 12.1 Å². The standard InChI is InChI=1S/C20H27NO4/c1-14-18(19(22)25-14)21-20(23)24-13-17-11-9-16(10-12-17)8-7-15-5-3-2-4-6-15/h2-6,14,16-18H,7-13H2,1H3,(H,21,23)/t14-,16?,17?,18+/m0/s1. The minimum Gasteiger partial charge on any atom is -0.458 e. The second-order valence-corrected chi connectivity index (χ2v) is 7.27. The second-order valence-electron chi connectivity index (χ2n) is 7.27. The molecule has 1 N–H and O–H groups in total. The lowest BCUT2D eigenvalue weighted by molar-refractivity contribution is -0.174. The molecule has 0 radical (unpaired) electrons. The van der Waals surface area contributed by atoms with Gasteiger partial charge in [-0.2, -0.15) is 0 Å². The van der Waals surface area contributed by atoms with Crippen LogP contribution < -0.4 is 5.32 Å². The van der Waals surface area contributed by atoms with Crippen molar-refractivity contribution in [3.05, 3.63) is 35.9 Å². The molecule has 1 saturated carbocycles. The highest BCUT2D eigenvalue weighted by molar-refractivity contribution is 5.86. The largest absolute Gasteiger partial charge is 0.458 e. The van der Waals surface area contributed by atoms with Crippen molar-refractivity contribution in [1.29, 1.82) is 0 Å². The van der Waals surface area contributed by atoms with E-state index >= 15 is 0 Å². The number of rotatable bonds is 6. The van der Waals surface area contributed by atoms with Crippen molar-refractivity contribution in [2.75, 3.05) is 6.61 Å². The first kappa shape index (κ1) is 17.8. The highest BCUT2D eigenvalue weighted by atomic mass is 16.6. The molecular formula is C20H27NO4. The molecule has 0 spiro atoms. The van der Waals surface area contributed by atoms with E-state index in [0.29, 0.717) is 12.5 Å². The van der Waals surface area contributed by atoms with Gasteiger partial charge in [0.25, 0.3) is 0 Å². The van der Waals surface area contributed by atoms with E-state index in [9.17, 15) is 9.59 Å². The number of cyclic esters (lactones) is 1. The molecule has 5 nitrogen and oxygen atoms in total. The summed E-state index contributed by atoms with van der Waals surface area (Å²) in [5.74, 6) is 0.823. The number of carbonyl (C=O) groups is 2. The first-order valence-electron chi connectivity index (χ1n) is 9.29. The summed E-state index contributed by atoms with van der Waals surface area (Å²) in [6.07, 6.45) is 6.22. The Morgan fingerprint density at radius 2 is 1.84 bits per heavy atom. The normalized spacial score (nSPS) is 28.6.